The molecule has 0 heterocycles. The number of ether oxygens (including phenoxy) is 2. The molecule has 0 unspecified atom stereocenters. The molecule has 0 fully saturated rings. The van der Waals surface area contributed by atoms with Crippen LogP contribution in [0.1, 0.15) is 31.1 Å². The second-order valence-corrected chi connectivity index (χ2v) is 8.93. The maximum atomic E-state index is 13.1. The van der Waals surface area contributed by atoms with Gasteiger partial charge in [0.15, 0.2) is 6.61 Å². The number of amides is 3. The van der Waals surface area contributed by atoms with Gasteiger partial charge >= 0.3 is 6.09 Å². The van der Waals surface area contributed by atoms with E-state index in [4.69, 9.17) is 9.47 Å². The van der Waals surface area contributed by atoms with Gasteiger partial charge in [-0.25, -0.2) is 4.79 Å². The lowest BCUT2D eigenvalue weighted by Gasteiger charge is -2.20. The van der Waals surface area contributed by atoms with E-state index in [-0.39, 0.29) is 12.5 Å². The van der Waals surface area contributed by atoms with Gasteiger partial charge in [0.1, 0.15) is 11.4 Å². The fourth-order valence-electron chi connectivity index (χ4n) is 3.05. The number of hydrogen-bond donors (Lipinski definition) is 2. The topological polar surface area (TPSA) is 97.0 Å². The van der Waals surface area contributed by atoms with Crippen LogP contribution in [-0.4, -0.2) is 49.1 Å². The SMILES string of the molecule is CN(C)C(=O)COc1ccc(NC(=O)c2cc3ccccc3cc2NC(=O)OC(C)(C)C)cc1. The first-order valence-electron chi connectivity index (χ1n) is 10.8. The lowest BCUT2D eigenvalue weighted by atomic mass is 10.0. The van der Waals surface area contributed by atoms with Crippen molar-refractivity contribution in [3.63, 3.8) is 0 Å². The van der Waals surface area contributed by atoms with Crippen LogP contribution in [0.2, 0.25) is 0 Å². The van der Waals surface area contributed by atoms with E-state index in [1.165, 1.54) is 4.90 Å². The molecule has 0 saturated heterocycles. The molecule has 0 aliphatic heterocycles. The number of carbonyl (C=O) groups is 3. The monoisotopic (exact) mass is 463 g/mol. The number of nitrogens with zero attached hydrogens (tertiary/aromatic N) is 1. The number of carbonyl (C=O) groups excluding carboxylic acids is 3. The highest BCUT2D eigenvalue weighted by atomic mass is 16.6. The zero-order chi connectivity index (χ0) is 24.9. The van der Waals surface area contributed by atoms with E-state index < -0.39 is 17.6 Å². The second-order valence-electron chi connectivity index (χ2n) is 8.93. The molecule has 0 aromatic heterocycles. The largest absolute Gasteiger partial charge is 0.484 e. The Kier molecular flexibility index (Phi) is 7.40. The molecule has 0 aliphatic rings. The highest BCUT2D eigenvalue weighted by Crippen LogP contribution is 2.26. The molecule has 3 aromatic rings. The highest BCUT2D eigenvalue weighted by Gasteiger charge is 2.20. The molecule has 0 radical (unpaired) electrons. The van der Waals surface area contributed by atoms with Gasteiger partial charge < -0.3 is 19.7 Å². The third-order valence-electron chi connectivity index (χ3n) is 4.74. The van der Waals surface area contributed by atoms with E-state index in [9.17, 15) is 14.4 Å². The van der Waals surface area contributed by atoms with Crippen molar-refractivity contribution >= 4 is 40.1 Å². The zero-order valence-corrected chi connectivity index (χ0v) is 20.0. The maximum Gasteiger partial charge on any atom is 0.412 e. The molecule has 0 spiro atoms. The Hall–Kier alpha value is -4.07. The van der Waals surface area contributed by atoms with Gasteiger partial charge in [0.05, 0.1) is 11.3 Å². The molecule has 2 N–H and O–H groups in total. The van der Waals surface area contributed by atoms with Gasteiger partial charge in [-0.1, -0.05) is 24.3 Å². The number of nitrogens with one attached hydrogen (secondary N) is 2. The zero-order valence-electron chi connectivity index (χ0n) is 20.0. The molecule has 3 aromatic carbocycles. The first kappa shape index (κ1) is 24.6. The molecular weight excluding hydrogens is 434 g/mol. The van der Waals surface area contributed by atoms with Crippen molar-refractivity contribution in [2.24, 2.45) is 0 Å². The summed E-state index contributed by atoms with van der Waals surface area (Å²) in [6.45, 7) is 5.23. The highest BCUT2D eigenvalue weighted by molar-refractivity contribution is 6.12. The third-order valence-corrected chi connectivity index (χ3v) is 4.74. The predicted octanol–water partition coefficient (Wildman–Crippen LogP) is 4.91. The Morgan fingerprint density at radius 2 is 1.50 bits per heavy atom. The minimum absolute atomic E-state index is 0.0739. The van der Waals surface area contributed by atoms with E-state index in [2.05, 4.69) is 10.6 Å². The third kappa shape index (κ3) is 6.71. The van der Waals surface area contributed by atoms with E-state index in [0.29, 0.717) is 22.7 Å². The second kappa shape index (κ2) is 10.2. The van der Waals surface area contributed by atoms with Crippen LogP contribution in [0.5, 0.6) is 5.75 Å². The molecule has 3 rings (SSSR count). The van der Waals surface area contributed by atoms with Crippen molar-refractivity contribution in [2.75, 3.05) is 31.3 Å². The van der Waals surface area contributed by atoms with Gasteiger partial charge in [0.25, 0.3) is 11.8 Å². The number of rotatable bonds is 6. The summed E-state index contributed by atoms with van der Waals surface area (Å²) in [5.74, 6) is -0.0434. The Labute approximate surface area is 198 Å². The van der Waals surface area contributed by atoms with Gasteiger partial charge in [-0.3, -0.25) is 14.9 Å². The number of fused-ring (bicyclic) bond motifs is 1. The van der Waals surface area contributed by atoms with Crippen LogP contribution in [0.4, 0.5) is 16.2 Å². The quantitative estimate of drug-likeness (QED) is 0.542. The molecule has 3 amide bonds. The Morgan fingerprint density at radius 1 is 0.882 bits per heavy atom. The molecule has 0 saturated carbocycles. The van der Waals surface area contributed by atoms with Crippen LogP contribution in [0.3, 0.4) is 0 Å². The van der Waals surface area contributed by atoms with Crippen molar-refractivity contribution in [1.82, 2.24) is 4.90 Å². The summed E-state index contributed by atoms with van der Waals surface area (Å²) in [6.07, 6.45) is -0.648. The van der Waals surface area contributed by atoms with Crippen molar-refractivity contribution in [3.05, 3.63) is 66.2 Å². The van der Waals surface area contributed by atoms with Crippen molar-refractivity contribution in [2.45, 2.75) is 26.4 Å². The Morgan fingerprint density at radius 3 is 2.09 bits per heavy atom. The van der Waals surface area contributed by atoms with E-state index in [1.54, 1.807) is 71.3 Å². The fraction of sp³-hybridized carbons (Fsp3) is 0.269. The van der Waals surface area contributed by atoms with Gasteiger partial charge in [0, 0.05) is 19.8 Å². The predicted molar refractivity (Wildman–Crippen MR) is 132 cm³/mol. The molecule has 8 nitrogen and oxygen atoms in total. The van der Waals surface area contributed by atoms with Crippen LogP contribution >= 0.6 is 0 Å². The summed E-state index contributed by atoms with van der Waals surface area (Å²) in [5, 5.41) is 7.26. The summed E-state index contributed by atoms with van der Waals surface area (Å²) >= 11 is 0. The molecule has 34 heavy (non-hydrogen) atoms. The lowest BCUT2D eigenvalue weighted by Crippen LogP contribution is -2.28. The van der Waals surface area contributed by atoms with E-state index >= 15 is 0 Å². The summed E-state index contributed by atoms with van der Waals surface area (Å²) in [6, 6.07) is 17.7. The summed E-state index contributed by atoms with van der Waals surface area (Å²) in [5.41, 5.74) is 0.492. The first-order chi connectivity index (χ1) is 16.0. The summed E-state index contributed by atoms with van der Waals surface area (Å²) in [4.78, 5) is 38.6. The summed E-state index contributed by atoms with van der Waals surface area (Å²) in [7, 11) is 3.31. The molecule has 8 heteroatoms. The molecular formula is C26H29N3O5. The van der Waals surface area contributed by atoms with Crippen LogP contribution in [0, 0.1) is 0 Å². The van der Waals surface area contributed by atoms with Crippen molar-refractivity contribution < 1.29 is 23.9 Å². The maximum absolute atomic E-state index is 13.1. The summed E-state index contributed by atoms with van der Waals surface area (Å²) < 4.78 is 10.8. The number of anilines is 2. The van der Waals surface area contributed by atoms with Crippen LogP contribution in [0.15, 0.2) is 60.7 Å². The first-order valence-corrected chi connectivity index (χ1v) is 10.8. The lowest BCUT2D eigenvalue weighted by molar-refractivity contribution is -0.130. The van der Waals surface area contributed by atoms with Crippen molar-refractivity contribution in [3.8, 4) is 5.75 Å². The van der Waals surface area contributed by atoms with Crippen molar-refractivity contribution in [1.29, 1.82) is 0 Å². The number of hydrogen-bond acceptors (Lipinski definition) is 5. The minimum atomic E-state index is -0.676. The smallest absolute Gasteiger partial charge is 0.412 e. The average molecular weight is 464 g/mol. The van der Waals surface area contributed by atoms with Gasteiger partial charge in [-0.05, 0) is 67.9 Å². The van der Waals surface area contributed by atoms with Gasteiger partial charge in [-0.2, -0.15) is 0 Å². The molecule has 0 atom stereocenters. The fourth-order valence-corrected chi connectivity index (χ4v) is 3.05. The Bertz CT molecular complexity index is 1200. The van der Waals surface area contributed by atoms with Crippen LogP contribution < -0.4 is 15.4 Å². The number of benzene rings is 3. The van der Waals surface area contributed by atoms with Crippen LogP contribution in [-0.2, 0) is 9.53 Å². The normalized spacial score (nSPS) is 11.0. The van der Waals surface area contributed by atoms with E-state index in [1.807, 2.05) is 24.3 Å². The molecule has 0 bridgehead atoms. The average Bonchev–Trinajstić information content (AvgIpc) is 2.76. The van der Waals surface area contributed by atoms with E-state index in [0.717, 1.165) is 10.8 Å². The number of likely N-dealkylation sites (N-methyl/N-ethyl adjacent to an activating group) is 1. The minimum Gasteiger partial charge on any atom is -0.484 e. The molecule has 0 aliphatic carbocycles. The Balaban J connectivity index is 1.79. The van der Waals surface area contributed by atoms with Gasteiger partial charge in [0.2, 0.25) is 0 Å². The molecule has 178 valence electrons. The standard InChI is InChI=1S/C26H29N3O5/c1-26(2,3)34-25(32)28-22-15-18-9-7-6-8-17(18)14-21(22)24(31)27-19-10-12-20(13-11-19)33-16-23(30)29(4)5/h6-15H,16H2,1-5H3,(H,27,31)(H,28,32). The van der Waals surface area contributed by atoms with Gasteiger partial charge in [-0.15, -0.1) is 0 Å². The van der Waals surface area contributed by atoms with Crippen LogP contribution in [0.25, 0.3) is 10.8 Å².